The van der Waals surface area contributed by atoms with Gasteiger partial charge in [-0.2, -0.15) is 5.26 Å². The van der Waals surface area contributed by atoms with Gasteiger partial charge >= 0.3 is 5.97 Å². The number of nitrogens with zero attached hydrogens (tertiary/aromatic N) is 1. The van der Waals surface area contributed by atoms with Crippen molar-refractivity contribution in [3.05, 3.63) is 29.3 Å². The number of nitriles is 1. The number of carbonyl (C=O) groups is 1. The van der Waals surface area contributed by atoms with E-state index in [-0.39, 0.29) is 0 Å². The molecule has 0 fully saturated rings. The summed E-state index contributed by atoms with van der Waals surface area (Å²) in [4.78, 5) is 11.3. The van der Waals surface area contributed by atoms with Crippen LogP contribution >= 0.6 is 0 Å². The molecule has 0 aliphatic heterocycles. The minimum Gasteiger partial charge on any atom is -0.480 e. The Hall–Kier alpha value is -2.02. The highest BCUT2D eigenvalue weighted by Gasteiger charge is 2.32. The van der Waals surface area contributed by atoms with Gasteiger partial charge in [-0.05, 0) is 38.0 Å². The number of hydrogen-bond donors (Lipinski definition) is 2. The smallest absolute Gasteiger partial charge is 0.329 e. The van der Waals surface area contributed by atoms with Crippen LogP contribution in [0.1, 0.15) is 37.8 Å². The van der Waals surface area contributed by atoms with Crippen molar-refractivity contribution >= 4 is 11.7 Å². The topological polar surface area (TPSA) is 73.1 Å². The van der Waals surface area contributed by atoms with Crippen molar-refractivity contribution in [1.29, 1.82) is 5.26 Å². The molecule has 1 aromatic rings. The van der Waals surface area contributed by atoms with Crippen LogP contribution in [0.3, 0.4) is 0 Å². The van der Waals surface area contributed by atoms with Gasteiger partial charge < -0.3 is 10.4 Å². The summed E-state index contributed by atoms with van der Waals surface area (Å²) in [5, 5.41) is 21.3. The second-order valence-electron chi connectivity index (χ2n) is 4.67. The lowest BCUT2D eigenvalue weighted by Gasteiger charge is -2.27. The van der Waals surface area contributed by atoms with E-state index in [1.54, 1.807) is 19.1 Å². The summed E-state index contributed by atoms with van der Waals surface area (Å²) in [5.41, 5.74) is 0.972. The molecule has 0 aromatic heterocycles. The quantitative estimate of drug-likeness (QED) is 0.837. The van der Waals surface area contributed by atoms with Crippen LogP contribution in [0, 0.1) is 18.3 Å². The highest BCUT2D eigenvalue weighted by Crippen LogP contribution is 2.24. The Morgan fingerprint density at radius 1 is 1.56 bits per heavy atom. The fourth-order valence-electron chi connectivity index (χ4n) is 1.88. The Morgan fingerprint density at radius 3 is 2.72 bits per heavy atom. The van der Waals surface area contributed by atoms with Gasteiger partial charge in [0.1, 0.15) is 11.6 Å². The first kappa shape index (κ1) is 14.0. The Morgan fingerprint density at radius 2 is 2.22 bits per heavy atom. The van der Waals surface area contributed by atoms with E-state index >= 15 is 0 Å². The Labute approximate surface area is 107 Å². The van der Waals surface area contributed by atoms with Gasteiger partial charge in [-0.1, -0.05) is 19.4 Å². The SMILES string of the molecule is CCCC(C)(Nc1ccc(C)cc1C#N)C(=O)O. The number of aliphatic carboxylic acids is 1. The molecule has 4 heteroatoms. The fourth-order valence-corrected chi connectivity index (χ4v) is 1.88. The van der Waals surface area contributed by atoms with Crippen LogP contribution in [-0.4, -0.2) is 16.6 Å². The molecule has 0 spiro atoms. The van der Waals surface area contributed by atoms with E-state index in [4.69, 9.17) is 5.26 Å². The maximum atomic E-state index is 11.3. The largest absolute Gasteiger partial charge is 0.480 e. The maximum Gasteiger partial charge on any atom is 0.329 e. The van der Waals surface area contributed by atoms with Crippen LogP contribution in [0.25, 0.3) is 0 Å². The van der Waals surface area contributed by atoms with Crippen LogP contribution in [-0.2, 0) is 4.79 Å². The van der Waals surface area contributed by atoms with Crippen LogP contribution in [0.15, 0.2) is 18.2 Å². The van der Waals surface area contributed by atoms with Gasteiger partial charge in [0.2, 0.25) is 0 Å². The lowest BCUT2D eigenvalue weighted by atomic mass is 9.95. The number of nitrogens with one attached hydrogen (secondary N) is 1. The van der Waals surface area contributed by atoms with Crippen molar-refractivity contribution in [3.8, 4) is 6.07 Å². The third kappa shape index (κ3) is 3.01. The van der Waals surface area contributed by atoms with Crippen molar-refractivity contribution in [3.63, 3.8) is 0 Å². The van der Waals surface area contributed by atoms with E-state index in [9.17, 15) is 9.90 Å². The zero-order valence-corrected chi connectivity index (χ0v) is 10.9. The van der Waals surface area contributed by atoms with Gasteiger partial charge in [-0.15, -0.1) is 0 Å². The highest BCUT2D eigenvalue weighted by atomic mass is 16.4. The average molecular weight is 246 g/mol. The zero-order chi connectivity index (χ0) is 13.8. The lowest BCUT2D eigenvalue weighted by molar-refractivity contribution is -0.141. The van der Waals surface area contributed by atoms with Crippen molar-refractivity contribution in [2.24, 2.45) is 0 Å². The molecule has 0 heterocycles. The molecule has 0 aliphatic carbocycles. The van der Waals surface area contributed by atoms with Gasteiger partial charge in [-0.3, -0.25) is 0 Å². The molecule has 1 atom stereocenters. The third-order valence-corrected chi connectivity index (χ3v) is 2.93. The summed E-state index contributed by atoms with van der Waals surface area (Å²) in [7, 11) is 0. The van der Waals surface area contributed by atoms with Gasteiger partial charge in [0.05, 0.1) is 11.3 Å². The minimum absolute atomic E-state index is 0.471. The molecule has 2 N–H and O–H groups in total. The molecule has 1 rings (SSSR count). The van der Waals surface area contributed by atoms with Crippen molar-refractivity contribution in [1.82, 2.24) is 0 Å². The summed E-state index contributed by atoms with van der Waals surface area (Å²) in [5.74, 6) is -0.909. The molecule has 0 aliphatic rings. The number of rotatable bonds is 5. The predicted octanol–water partition coefficient (Wildman–Crippen LogP) is 2.92. The number of carboxylic acids is 1. The molecule has 0 saturated heterocycles. The first-order chi connectivity index (χ1) is 8.42. The molecule has 18 heavy (non-hydrogen) atoms. The Balaban J connectivity index is 3.09. The second kappa shape index (κ2) is 5.54. The summed E-state index contributed by atoms with van der Waals surface area (Å²) in [6.07, 6.45) is 1.25. The molecule has 0 saturated carbocycles. The molecular formula is C14H18N2O2. The average Bonchev–Trinajstić information content (AvgIpc) is 2.31. The van der Waals surface area contributed by atoms with E-state index in [0.29, 0.717) is 17.7 Å². The Bertz CT molecular complexity index is 491. The van der Waals surface area contributed by atoms with E-state index < -0.39 is 11.5 Å². The number of hydrogen-bond acceptors (Lipinski definition) is 3. The molecule has 1 aromatic carbocycles. The molecule has 4 nitrogen and oxygen atoms in total. The van der Waals surface area contributed by atoms with Gasteiger partial charge in [-0.25, -0.2) is 4.79 Å². The highest BCUT2D eigenvalue weighted by molar-refractivity contribution is 5.83. The first-order valence-electron chi connectivity index (χ1n) is 5.95. The Kier molecular flexibility index (Phi) is 4.33. The van der Waals surface area contributed by atoms with Crippen LogP contribution in [0.2, 0.25) is 0 Å². The van der Waals surface area contributed by atoms with E-state index in [1.807, 2.05) is 19.9 Å². The zero-order valence-electron chi connectivity index (χ0n) is 10.9. The molecule has 96 valence electrons. The van der Waals surface area contributed by atoms with Gasteiger partial charge in [0.15, 0.2) is 0 Å². The molecular weight excluding hydrogens is 228 g/mol. The van der Waals surface area contributed by atoms with E-state index in [1.165, 1.54) is 0 Å². The number of anilines is 1. The normalized spacial score (nSPS) is 13.4. The van der Waals surface area contributed by atoms with Gasteiger partial charge in [0, 0.05) is 0 Å². The van der Waals surface area contributed by atoms with Crippen LogP contribution in [0.4, 0.5) is 5.69 Å². The first-order valence-corrected chi connectivity index (χ1v) is 5.95. The van der Waals surface area contributed by atoms with E-state index in [2.05, 4.69) is 11.4 Å². The summed E-state index contributed by atoms with van der Waals surface area (Å²) < 4.78 is 0. The lowest BCUT2D eigenvalue weighted by Crippen LogP contribution is -2.43. The molecule has 0 radical (unpaired) electrons. The molecule has 0 amide bonds. The number of benzene rings is 1. The van der Waals surface area contributed by atoms with Crippen molar-refractivity contribution < 1.29 is 9.90 Å². The van der Waals surface area contributed by atoms with Crippen molar-refractivity contribution in [2.45, 2.75) is 39.2 Å². The monoisotopic (exact) mass is 246 g/mol. The summed E-state index contributed by atoms with van der Waals surface area (Å²) in [6, 6.07) is 7.44. The minimum atomic E-state index is -1.05. The van der Waals surface area contributed by atoms with Crippen molar-refractivity contribution in [2.75, 3.05) is 5.32 Å². The third-order valence-electron chi connectivity index (χ3n) is 2.93. The molecule has 0 bridgehead atoms. The van der Waals surface area contributed by atoms with Crippen LogP contribution in [0.5, 0.6) is 0 Å². The number of aryl methyl sites for hydroxylation is 1. The summed E-state index contributed by atoms with van der Waals surface area (Å²) >= 11 is 0. The standard InChI is InChI=1S/C14H18N2O2/c1-4-7-14(3,13(17)18)16-12-6-5-10(2)8-11(12)9-15/h5-6,8,16H,4,7H2,1-3H3,(H,17,18). The second-order valence-corrected chi connectivity index (χ2v) is 4.67. The maximum absolute atomic E-state index is 11.3. The van der Waals surface area contributed by atoms with Crippen LogP contribution < -0.4 is 5.32 Å². The molecule has 1 unspecified atom stereocenters. The fraction of sp³-hybridized carbons (Fsp3) is 0.429. The summed E-state index contributed by atoms with van der Waals surface area (Å²) in [6.45, 7) is 5.47. The predicted molar refractivity (Wildman–Crippen MR) is 70.5 cm³/mol. The van der Waals surface area contributed by atoms with Gasteiger partial charge in [0.25, 0.3) is 0 Å². The van der Waals surface area contributed by atoms with E-state index in [0.717, 1.165) is 12.0 Å². The number of carboxylic acid groups (broad SMARTS) is 1.